The molecule has 1 atom stereocenters. The van der Waals surface area contributed by atoms with Crippen LogP contribution in [0.15, 0.2) is 23.5 Å². The lowest BCUT2D eigenvalue weighted by molar-refractivity contribution is 0.211. The van der Waals surface area contributed by atoms with Crippen LogP contribution >= 0.6 is 0 Å². The van der Waals surface area contributed by atoms with Crippen LogP contribution in [0.3, 0.4) is 0 Å². The molecule has 106 valence electrons. The highest BCUT2D eigenvalue weighted by molar-refractivity contribution is 6.82. The molecule has 0 aromatic heterocycles. The monoisotopic (exact) mass is 267 g/mol. The maximum atomic E-state index is 2.45. The molecule has 0 fully saturated rings. The van der Waals surface area contributed by atoms with E-state index in [-0.39, 0.29) is 5.54 Å². The van der Waals surface area contributed by atoms with Crippen LogP contribution in [-0.2, 0) is 0 Å². The fourth-order valence-corrected chi connectivity index (χ4v) is 2.86. The second-order valence-corrected chi connectivity index (χ2v) is 11.7. The SMILES string of the molecule is CC=CC(CC)(CCC)N(C)/C=C(\C)[Si](C)(C)C. The summed E-state index contributed by atoms with van der Waals surface area (Å²) in [6.45, 7) is 16.2. The molecule has 0 heterocycles. The van der Waals surface area contributed by atoms with Crippen molar-refractivity contribution >= 4 is 8.07 Å². The summed E-state index contributed by atoms with van der Waals surface area (Å²) >= 11 is 0. The van der Waals surface area contributed by atoms with Gasteiger partial charge in [-0.05, 0) is 32.9 Å². The molecular weight excluding hydrogens is 234 g/mol. The summed E-state index contributed by atoms with van der Waals surface area (Å²) in [5.41, 5.74) is 0.199. The first-order chi connectivity index (χ1) is 8.23. The van der Waals surface area contributed by atoms with E-state index in [1.807, 2.05) is 0 Å². The Hall–Kier alpha value is -0.503. The highest BCUT2D eigenvalue weighted by atomic mass is 28.3. The summed E-state index contributed by atoms with van der Waals surface area (Å²) in [6, 6.07) is 0. The predicted octanol–water partition coefficient (Wildman–Crippen LogP) is 5.22. The molecule has 0 aliphatic rings. The van der Waals surface area contributed by atoms with Crippen LogP contribution in [0, 0.1) is 0 Å². The molecule has 0 N–H and O–H groups in total. The third-order valence-electron chi connectivity index (χ3n) is 4.04. The van der Waals surface area contributed by atoms with E-state index in [0.29, 0.717) is 0 Å². The van der Waals surface area contributed by atoms with Crippen molar-refractivity contribution in [2.45, 2.75) is 72.1 Å². The number of allylic oxidation sites excluding steroid dienone is 2. The smallest absolute Gasteiger partial charge is 0.0739 e. The van der Waals surface area contributed by atoms with Gasteiger partial charge in [0.15, 0.2) is 0 Å². The van der Waals surface area contributed by atoms with E-state index in [4.69, 9.17) is 0 Å². The van der Waals surface area contributed by atoms with Gasteiger partial charge in [0.2, 0.25) is 0 Å². The number of likely N-dealkylation sites (N-methyl/N-ethyl adjacent to an activating group) is 1. The fraction of sp³-hybridized carbons (Fsp3) is 0.750. The molecule has 0 aromatic rings. The molecule has 1 nitrogen and oxygen atoms in total. The summed E-state index contributed by atoms with van der Waals surface area (Å²) in [5.74, 6) is 0. The van der Waals surface area contributed by atoms with Gasteiger partial charge in [-0.3, -0.25) is 0 Å². The van der Waals surface area contributed by atoms with Crippen LogP contribution in [0.5, 0.6) is 0 Å². The Labute approximate surface area is 116 Å². The van der Waals surface area contributed by atoms with Gasteiger partial charge in [-0.2, -0.15) is 0 Å². The third kappa shape index (κ3) is 4.64. The van der Waals surface area contributed by atoms with Crippen molar-refractivity contribution in [2.75, 3.05) is 7.05 Å². The number of hydrogen-bond donors (Lipinski definition) is 0. The van der Waals surface area contributed by atoms with Gasteiger partial charge in [0, 0.05) is 7.05 Å². The van der Waals surface area contributed by atoms with Crippen LogP contribution in [-0.4, -0.2) is 25.6 Å². The molecule has 1 unspecified atom stereocenters. The second-order valence-electron chi connectivity index (χ2n) is 6.38. The first kappa shape index (κ1) is 17.5. The van der Waals surface area contributed by atoms with E-state index in [0.717, 1.165) is 6.42 Å². The topological polar surface area (TPSA) is 3.24 Å². The van der Waals surface area contributed by atoms with Gasteiger partial charge in [-0.1, -0.05) is 57.3 Å². The van der Waals surface area contributed by atoms with E-state index in [2.05, 4.69) is 77.6 Å². The van der Waals surface area contributed by atoms with Crippen molar-refractivity contribution < 1.29 is 0 Å². The normalized spacial score (nSPS) is 17.0. The van der Waals surface area contributed by atoms with Gasteiger partial charge in [0.05, 0.1) is 13.6 Å². The quantitative estimate of drug-likeness (QED) is 0.451. The zero-order valence-corrected chi connectivity index (χ0v) is 14.8. The van der Waals surface area contributed by atoms with Crippen LogP contribution in [0.4, 0.5) is 0 Å². The summed E-state index contributed by atoms with van der Waals surface area (Å²) < 4.78 is 0. The van der Waals surface area contributed by atoms with Crippen LogP contribution in [0.25, 0.3) is 0 Å². The van der Waals surface area contributed by atoms with E-state index in [9.17, 15) is 0 Å². The van der Waals surface area contributed by atoms with Gasteiger partial charge in [-0.15, -0.1) is 0 Å². The van der Waals surface area contributed by atoms with Crippen molar-refractivity contribution in [3.05, 3.63) is 23.5 Å². The molecule has 0 rings (SSSR count). The molecule has 18 heavy (non-hydrogen) atoms. The first-order valence-electron chi connectivity index (χ1n) is 7.29. The number of nitrogens with zero attached hydrogens (tertiary/aromatic N) is 1. The standard InChI is InChI=1S/C16H33NSi/c1-9-12-16(11-3,13-10-2)17(5)14-15(4)18(6,7)8/h9,12,14H,10-11,13H2,1-8H3/b12-9?,15-14+. The highest BCUT2D eigenvalue weighted by Crippen LogP contribution is 2.28. The Kier molecular flexibility index (Phi) is 6.98. The summed E-state index contributed by atoms with van der Waals surface area (Å²) in [7, 11) is 1.07. The van der Waals surface area contributed by atoms with Crippen molar-refractivity contribution in [1.29, 1.82) is 0 Å². The maximum Gasteiger partial charge on any atom is 0.0739 e. The average Bonchev–Trinajstić information content (AvgIpc) is 2.27. The molecule has 0 radical (unpaired) electrons. The van der Waals surface area contributed by atoms with E-state index < -0.39 is 8.07 Å². The minimum atomic E-state index is -1.17. The molecular formula is C16H33NSi. The molecule has 0 spiro atoms. The third-order valence-corrected chi connectivity index (χ3v) is 6.54. The van der Waals surface area contributed by atoms with E-state index >= 15 is 0 Å². The second kappa shape index (κ2) is 7.18. The Morgan fingerprint density at radius 2 is 1.78 bits per heavy atom. The van der Waals surface area contributed by atoms with Crippen molar-refractivity contribution in [1.82, 2.24) is 4.90 Å². The van der Waals surface area contributed by atoms with Gasteiger partial charge in [-0.25, -0.2) is 0 Å². The largest absolute Gasteiger partial charge is 0.372 e. The van der Waals surface area contributed by atoms with Gasteiger partial charge in [0.25, 0.3) is 0 Å². The first-order valence-corrected chi connectivity index (χ1v) is 10.8. The molecule has 0 saturated heterocycles. The van der Waals surface area contributed by atoms with Crippen molar-refractivity contribution in [3.8, 4) is 0 Å². The summed E-state index contributed by atoms with van der Waals surface area (Å²) in [4.78, 5) is 2.45. The Morgan fingerprint density at radius 1 is 1.22 bits per heavy atom. The lowest BCUT2D eigenvalue weighted by Gasteiger charge is -2.40. The molecule has 0 aliphatic heterocycles. The van der Waals surface area contributed by atoms with Gasteiger partial charge >= 0.3 is 0 Å². The van der Waals surface area contributed by atoms with Gasteiger partial charge < -0.3 is 4.90 Å². The predicted molar refractivity (Wildman–Crippen MR) is 87.6 cm³/mol. The fourth-order valence-electron chi connectivity index (χ4n) is 2.28. The van der Waals surface area contributed by atoms with Crippen LogP contribution in [0.1, 0.15) is 47.0 Å². The lowest BCUT2D eigenvalue weighted by Crippen LogP contribution is -2.42. The zero-order valence-electron chi connectivity index (χ0n) is 13.8. The Bertz CT molecular complexity index is 299. The number of hydrogen-bond acceptors (Lipinski definition) is 1. The molecule has 0 amide bonds. The van der Waals surface area contributed by atoms with Gasteiger partial charge in [0.1, 0.15) is 0 Å². The minimum Gasteiger partial charge on any atom is -0.372 e. The maximum absolute atomic E-state index is 2.45. The summed E-state index contributed by atoms with van der Waals surface area (Å²) in [5, 5.41) is 1.57. The average molecular weight is 268 g/mol. The minimum absolute atomic E-state index is 0.199. The molecule has 0 aliphatic carbocycles. The van der Waals surface area contributed by atoms with E-state index in [1.165, 1.54) is 12.8 Å². The molecule has 2 heteroatoms. The van der Waals surface area contributed by atoms with Crippen molar-refractivity contribution in [2.24, 2.45) is 0 Å². The van der Waals surface area contributed by atoms with Crippen molar-refractivity contribution in [3.63, 3.8) is 0 Å². The summed E-state index contributed by atoms with van der Waals surface area (Å²) in [6.07, 6.45) is 10.6. The highest BCUT2D eigenvalue weighted by Gasteiger charge is 2.28. The molecule has 0 aromatic carbocycles. The van der Waals surface area contributed by atoms with Crippen LogP contribution in [0.2, 0.25) is 19.6 Å². The van der Waals surface area contributed by atoms with Crippen LogP contribution < -0.4 is 0 Å². The lowest BCUT2D eigenvalue weighted by atomic mass is 9.88. The Balaban J connectivity index is 5.26. The number of rotatable bonds is 7. The van der Waals surface area contributed by atoms with E-state index in [1.54, 1.807) is 5.20 Å². The Morgan fingerprint density at radius 3 is 2.11 bits per heavy atom. The molecule has 0 saturated carbocycles. The molecule has 0 bridgehead atoms. The zero-order chi connectivity index (χ0) is 14.4.